The Balaban J connectivity index is 1.70. The number of hydrogen-bond acceptors (Lipinski definition) is 3. The Hall–Kier alpha value is -2.72. The van der Waals surface area contributed by atoms with Crippen molar-refractivity contribution in [3.8, 4) is 0 Å². The summed E-state index contributed by atoms with van der Waals surface area (Å²) in [6.45, 7) is 10.8. The normalized spacial score (nSPS) is 18.0. The minimum absolute atomic E-state index is 0.235. The van der Waals surface area contributed by atoms with Gasteiger partial charge in [-0.3, -0.25) is 9.59 Å². The number of rotatable bonds is 5. The predicted molar refractivity (Wildman–Crippen MR) is 133 cm³/mol. The maximum absolute atomic E-state index is 12.5. The molecule has 0 saturated heterocycles. The lowest BCUT2D eigenvalue weighted by molar-refractivity contribution is 0.0977. The zero-order valence-corrected chi connectivity index (χ0v) is 19.9. The number of carbonyl (C=O) groups excluding carboxylic acids is 1. The molecule has 0 radical (unpaired) electrons. The molecule has 3 nitrogen and oxygen atoms in total. The van der Waals surface area contributed by atoms with Crippen LogP contribution in [-0.4, -0.2) is 9.86 Å². The van der Waals surface area contributed by atoms with Gasteiger partial charge in [0, 0.05) is 6.08 Å². The average Bonchev–Trinajstić information content (AvgIpc) is 3.04. The van der Waals surface area contributed by atoms with Crippen molar-refractivity contribution in [3.05, 3.63) is 93.4 Å². The molecule has 1 aromatic carbocycles. The van der Waals surface area contributed by atoms with Gasteiger partial charge in [-0.05, 0) is 80.3 Å². The van der Waals surface area contributed by atoms with E-state index in [-0.39, 0.29) is 16.9 Å². The van der Waals surface area contributed by atoms with Crippen LogP contribution in [0.1, 0.15) is 58.7 Å². The van der Waals surface area contributed by atoms with Gasteiger partial charge in [0.1, 0.15) is 0 Å². The van der Waals surface area contributed by atoms with Gasteiger partial charge < -0.3 is 0 Å². The highest BCUT2D eigenvalue weighted by molar-refractivity contribution is 7.14. The van der Waals surface area contributed by atoms with E-state index in [1.807, 2.05) is 43.4 Å². The molecule has 4 heteroatoms. The smallest absolute Gasteiger partial charge is 0.268 e. The molecule has 0 aliphatic heterocycles. The lowest BCUT2D eigenvalue weighted by Gasteiger charge is -2.32. The van der Waals surface area contributed by atoms with Gasteiger partial charge in [-0.25, -0.2) is 0 Å². The maximum Gasteiger partial charge on any atom is 0.275 e. The summed E-state index contributed by atoms with van der Waals surface area (Å²) in [7, 11) is 0. The maximum atomic E-state index is 12.5. The molecule has 0 N–H and O–H groups in total. The lowest BCUT2D eigenvalue weighted by Crippen LogP contribution is -2.19. The summed E-state index contributed by atoms with van der Waals surface area (Å²) in [4.78, 5) is 25.0. The summed E-state index contributed by atoms with van der Waals surface area (Å²) >= 11 is 1.18. The van der Waals surface area contributed by atoms with Crippen molar-refractivity contribution in [1.82, 2.24) is 3.96 Å². The Kier molecular flexibility index (Phi) is 7.11. The number of carbonyl (C=O) groups is 1. The van der Waals surface area contributed by atoms with Crippen molar-refractivity contribution < 1.29 is 4.79 Å². The van der Waals surface area contributed by atoms with Crippen LogP contribution in [0.3, 0.4) is 0 Å². The number of allylic oxidation sites excluding steroid dienone is 10. The van der Waals surface area contributed by atoms with Crippen molar-refractivity contribution in [1.29, 1.82) is 0 Å². The highest BCUT2D eigenvalue weighted by atomic mass is 32.1. The number of fused-ring (bicyclic) bond motifs is 1. The van der Waals surface area contributed by atoms with Crippen LogP contribution in [0.25, 0.3) is 10.1 Å². The van der Waals surface area contributed by atoms with Gasteiger partial charge in [0.05, 0.1) is 10.1 Å². The van der Waals surface area contributed by atoms with E-state index in [1.54, 1.807) is 6.07 Å². The highest BCUT2D eigenvalue weighted by Crippen LogP contribution is 2.40. The fourth-order valence-electron chi connectivity index (χ4n) is 4.05. The van der Waals surface area contributed by atoms with Crippen LogP contribution in [0.15, 0.2) is 87.8 Å². The predicted octanol–water partition coefficient (Wildman–Crippen LogP) is 7.23. The van der Waals surface area contributed by atoms with E-state index >= 15 is 0 Å². The fourth-order valence-corrected chi connectivity index (χ4v) is 4.96. The van der Waals surface area contributed by atoms with Gasteiger partial charge in [0.25, 0.3) is 11.5 Å². The molecular formula is C27H31NO2S. The summed E-state index contributed by atoms with van der Waals surface area (Å²) in [5.74, 6) is -0.309. The molecule has 1 aromatic heterocycles. The average molecular weight is 434 g/mol. The highest BCUT2D eigenvalue weighted by Gasteiger charge is 2.26. The van der Waals surface area contributed by atoms with Crippen LogP contribution >= 0.6 is 11.5 Å². The molecule has 0 unspecified atom stereocenters. The number of hydrogen-bond donors (Lipinski definition) is 0. The summed E-state index contributed by atoms with van der Waals surface area (Å²) < 4.78 is 2.03. The van der Waals surface area contributed by atoms with Gasteiger partial charge in [0.15, 0.2) is 0 Å². The van der Waals surface area contributed by atoms with E-state index < -0.39 is 0 Å². The molecule has 0 fully saturated rings. The van der Waals surface area contributed by atoms with Crippen molar-refractivity contribution >= 4 is 27.5 Å². The molecule has 0 saturated carbocycles. The molecule has 3 rings (SSSR count). The Labute approximate surface area is 188 Å². The molecule has 0 spiro atoms. The van der Waals surface area contributed by atoms with Gasteiger partial charge in [-0.2, -0.15) is 3.96 Å². The van der Waals surface area contributed by atoms with E-state index in [9.17, 15) is 9.59 Å². The Morgan fingerprint density at radius 2 is 1.87 bits per heavy atom. The SMILES string of the molecule is CC(C=CC1=C(C)CCCC1(C)C)=CC=CC(C)=CC(=O)n1sc2ccccc2c1=O. The molecule has 31 heavy (non-hydrogen) atoms. The zero-order valence-electron chi connectivity index (χ0n) is 19.1. The molecule has 2 aromatic rings. The quantitative estimate of drug-likeness (QED) is 0.368. The fraction of sp³-hybridized carbons (Fsp3) is 0.333. The second-order valence-electron chi connectivity index (χ2n) is 8.95. The number of nitrogens with zero attached hydrogens (tertiary/aromatic N) is 1. The Morgan fingerprint density at radius 1 is 1.13 bits per heavy atom. The van der Waals surface area contributed by atoms with Crippen LogP contribution in [0, 0.1) is 5.41 Å². The first kappa shape index (κ1) is 23.0. The summed E-state index contributed by atoms with van der Waals surface area (Å²) in [5.41, 5.74) is 4.87. The molecule has 162 valence electrons. The van der Waals surface area contributed by atoms with Crippen LogP contribution in [0.2, 0.25) is 0 Å². The van der Waals surface area contributed by atoms with Crippen LogP contribution in [0.4, 0.5) is 0 Å². The van der Waals surface area contributed by atoms with E-state index in [0.29, 0.717) is 5.39 Å². The van der Waals surface area contributed by atoms with Crippen LogP contribution in [-0.2, 0) is 0 Å². The van der Waals surface area contributed by atoms with Crippen molar-refractivity contribution in [2.24, 2.45) is 5.41 Å². The van der Waals surface area contributed by atoms with Crippen molar-refractivity contribution in [2.45, 2.75) is 53.9 Å². The molecule has 0 amide bonds. The van der Waals surface area contributed by atoms with Crippen molar-refractivity contribution in [3.63, 3.8) is 0 Å². The first-order valence-electron chi connectivity index (χ1n) is 10.8. The van der Waals surface area contributed by atoms with Gasteiger partial charge >= 0.3 is 0 Å². The molecular weight excluding hydrogens is 402 g/mol. The number of aromatic nitrogens is 1. The van der Waals surface area contributed by atoms with E-state index in [4.69, 9.17) is 0 Å². The van der Waals surface area contributed by atoms with Gasteiger partial charge in [-0.1, -0.05) is 67.5 Å². The van der Waals surface area contributed by atoms with E-state index in [0.717, 1.165) is 15.8 Å². The van der Waals surface area contributed by atoms with Gasteiger partial charge in [-0.15, -0.1) is 0 Å². The first-order valence-corrected chi connectivity index (χ1v) is 11.5. The standard InChI is InChI=1S/C27H31NO2S/c1-19(15-16-23-21(3)12-9-17-27(23,4)5)10-8-11-20(2)18-25(29)28-26(30)22-13-6-7-14-24(22)31-28/h6-8,10-11,13-16,18H,9,12,17H2,1-5H3. The first-order chi connectivity index (χ1) is 14.7. The zero-order chi connectivity index (χ0) is 22.6. The minimum Gasteiger partial charge on any atom is -0.268 e. The van der Waals surface area contributed by atoms with E-state index in [2.05, 4.69) is 39.8 Å². The molecule has 0 bridgehead atoms. The molecule has 1 aliphatic rings. The second kappa shape index (κ2) is 9.61. The summed E-state index contributed by atoms with van der Waals surface area (Å²) in [6, 6.07) is 7.29. The summed E-state index contributed by atoms with van der Waals surface area (Å²) in [6.07, 6.45) is 15.5. The third kappa shape index (κ3) is 5.50. The topological polar surface area (TPSA) is 39.1 Å². The number of benzene rings is 1. The van der Waals surface area contributed by atoms with Crippen LogP contribution < -0.4 is 5.56 Å². The Bertz CT molecular complexity index is 1200. The monoisotopic (exact) mass is 433 g/mol. The third-order valence-electron chi connectivity index (χ3n) is 5.82. The van der Waals surface area contributed by atoms with Crippen LogP contribution in [0.5, 0.6) is 0 Å². The van der Waals surface area contributed by atoms with Crippen molar-refractivity contribution in [2.75, 3.05) is 0 Å². The van der Waals surface area contributed by atoms with E-state index in [1.165, 1.54) is 52.0 Å². The molecule has 1 aliphatic carbocycles. The molecule has 0 atom stereocenters. The third-order valence-corrected chi connectivity index (χ3v) is 6.90. The summed E-state index contributed by atoms with van der Waals surface area (Å²) in [5, 5.41) is 0.583. The lowest BCUT2D eigenvalue weighted by atomic mass is 9.72. The largest absolute Gasteiger partial charge is 0.275 e. The Morgan fingerprint density at radius 3 is 2.58 bits per heavy atom. The molecule has 1 heterocycles. The minimum atomic E-state index is -0.309. The second-order valence-corrected chi connectivity index (χ2v) is 9.94. The van der Waals surface area contributed by atoms with Gasteiger partial charge in [0.2, 0.25) is 0 Å².